The van der Waals surface area contributed by atoms with E-state index in [0.29, 0.717) is 5.56 Å². The highest BCUT2D eigenvalue weighted by Crippen LogP contribution is 2.16. The molecule has 1 N–H and O–H groups in total. The Kier molecular flexibility index (Phi) is 5.26. The van der Waals surface area contributed by atoms with Gasteiger partial charge in [-0.3, -0.25) is 4.79 Å². The second-order valence-electron chi connectivity index (χ2n) is 5.74. The number of hydrogen-bond acceptors (Lipinski definition) is 4. The third kappa shape index (κ3) is 4.69. The van der Waals surface area contributed by atoms with Gasteiger partial charge in [-0.25, -0.2) is 8.42 Å². The lowest BCUT2D eigenvalue weighted by Crippen LogP contribution is -2.33. The number of benzene rings is 1. The van der Waals surface area contributed by atoms with Gasteiger partial charge in [0, 0.05) is 24.3 Å². The first-order chi connectivity index (χ1) is 10.8. The van der Waals surface area contributed by atoms with E-state index in [1.54, 1.807) is 19.3 Å². The van der Waals surface area contributed by atoms with E-state index in [2.05, 4.69) is 5.32 Å². The Balaban J connectivity index is 2.05. The number of sulfone groups is 1. The van der Waals surface area contributed by atoms with E-state index in [4.69, 9.17) is 4.42 Å². The summed E-state index contributed by atoms with van der Waals surface area (Å²) in [6, 6.07) is 8.28. The van der Waals surface area contributed by atoms with E-state index >= 15 is 0 Å². The van der Waals surface area contributed by atoms with Crippen molar-refractivity contribution in [2.24, 2.45) is 0 Å². The average Bonchev–Trinajstić information content (AvgIpc) is 2.97. The molecule has 0 aliphatic rings. The minimum atomic E-state index is -3.34. The lowest BCUT2D eigenvalue weighted by molar-refractivity contribution is 0.0937. The molecule has 1 aromatic carbocycles. The van der Waals surface area contributed by atoms with Crippen molar-refractivity contribution in [1.29, 1.82) is 0 Å². The number of carbonyl (C=O) groups is 1. The van der Waals surface area contributed by atoms with Gasteiger partial charge < -0.3 is 9.73 Å². The number of aryl methyl sites for hydroxylation is 2. The van der Waals surface area contributed by atoms with Gasteiger partial charge in [-0.15, -0.1) is 0 Å². The smallest absolute Gasteiger partial charge is 0.251 e. The summed E-state index contributed by atoms with van der Waals surface area (Å²) in [7, 11) is -3.34. The predicted molar refractivity (Wildman–Crippen MR) is 88.2 cm³/mol. The van der Waals surface area contributed by atoms with Crippen molar-refractivity contribution in [2.75, 3.05) is 6.26 Å². The molecule has 1 heterocycles. The molecule has 2 rings (SSSR count). The molecule has 124 valence electrons. The maximum atomic E-state index is 12.4. The number of nitrogens with one attached hydrogen (secondary N) is 1. The number of carbonyl (C=O) groups excluding carboxylic acids is 1. The minimum absolute atomic E-state index is 0.0473. The molecule has 2 aromatic rings. The van der Waals surface area contributed by atoms with E-state index in [1.165, 1.54) is 12.1 Å². The van der Waals surface area contributed by atoms with Crippen LogP contribution in [-0.4, -0.2) is 26.6 Å². The van der Waals surface area contributed by atoms with E-state index in [0.717, 1.165) is 30.4 Å². The fourth-order valence-electron chi connectivity index (χ4n) is 2.26. The van der Waals surface area contributed by atoms with Crippen LogP contribution in [0.15, 0.2) is 45.9 Å². The van der Waals surface area contributed by atoms with Crippen molar-refractivity contribution >= 4 is 15.7 Å². The van der Waals surface area contributed by atoms with Crippen molar-refractivity contribution in [3.05, 3.63) is 53.5 Å². The van der Waals surface area contributed by atoms with Crippen molar-refractivity contribution in [1.82, 2.24) is 5.32 Å². The van der Waals surface area contributed by atoms with Crippen molar-refractivity contribution in [3.8, 4) is 0 Å². The Labute approximate surface area is 136 Å². The van der Waals surface area contributed by atoms with Gasteiger partial charge in [0.25, 0.3) is 5.91 Å². The van der Waals surface area contributed by atoms with Crippen LogP contribution in [0.1, 0.15) is 35.0 Å². The molecular formula is C17H21NO4S. The summed E-state index contributed by atoms with van der Waals surface area (Å²) >= 11 is 0. The first kappa shape index (κ1) is 17.3. The quantitative estimate of drug-likeness (QED) is 0.880. The normalized spacial score (nSPS) is 12.8. The molecule has 0 saturated heterocycles. The molecule has 6 heteroatoms. The maximum Gasteiger partial charge on any atom is 0.251 e. The molecule has 23 heavy (non-hydrogen) atoms. The lowest BCUT2D eigenvalue weighted by Gasteiger charge is -2.15. The van der Waals surface area contributed by atoms with Crippen LogP contribution in [0.2, 0.25) is 0 Å². The van der Waals surface area contributed by atoms with E-state index in [1.807, 2.05) is 19.1 Å². The molecule has 1 amide bonds. The van der Waals surface area contributed by atoms with Crippen LogP contribution in [0, 0.1) is 6.92 Å². The Hall–Kier alpha value is -2.08. The van der Waals surface area contributed by atoms with Gasteiger partial charge in [0.05, 0.1) is 11.2 Å². The molecule has 0 fully saturated rings. The molecule has 0 saturated carbocycles. The largest absolute Gasteiger partial charge is 0.469 e. The molecule has 0 bridgehead atoms. The number of hydrogen-bond donors (Lipinski definition) is 1. The summed E-state index contributed by atoms with van der Waals surface area (Å²) in [6.07, 6.45) is 4.23. The predicted octanol–water partition coefficient (Wildman–Crippen LogP) is 2.74. The third-order valence-electron chi connectivity index (χ3n) is 3.66. The van der Waals surface area contributed by atoms with Crippen LogP contribution >= 0.6 is 0 Å². The molecule has 5 nitrogen and oxygen atoms in total. The van der Waals surface area contributed by atoms with Crippen molar-refractivity contribution in [3.63, 3.8) is 0 Å². The number of rotatable bonds is 6. The zero-order valence-electron chi connectivity index (χ0n) is 13.5. The highest BCUT2D eigenvalue weighted by atomic mass is 32.2. The lowest BCUT2D eigenvalue weighted by atomic mass is 10.1. The molecule has 1 aromatic heterocycles. The second-order valence-corrected chi connectivity index (χ2v) is 7.76. The second kappa shape index (κ2) is 7.00. The first-order valence-electron chi connectivity index (χ1n) is 7.41. The maximum absolute atomic E-state index is 12.4. The molecule has 0 aliphatic heterocycles. The molecule has 1 atom stereocenters. The summed E-state index contributed by atoms with van der Waals surface area (Å²) < 4.78 is 28.5. The number of furan rings is 1. The van der Waals surface area contributed by atoms with Crippen LogP contribution in [0.4, 0.5) is 0 Å². The zero-order valence-corrected chi connectivity index (χ0v) is 14.3. The van der Waals surface area contributed by atoms with Gasteiger partial charge in [-0.05, 0) is 50.1 Å². The van der Waals surface area contributed by atoms with E-state index in [9.17, 15) is 13.2 Å². The highest BCUT2D eigenvalue weighted by Gasteiger charge is 2.16. The summed E-state index contributed by atoms with van der Waals surface area (Å²) in [5.41, 5.74) is 1.13. The van der Waals surface area contributed by atoms with Gasteiger partial charge in [0.2, 0.25) is 0 Å². The summed E-state index contributed by atoms with van der Waals surface area (Å²) in [6.45, 7) is 3.70. The van der Waals surface area contributed by atoms with Crippen LogP contribution in [0.5, 0.6) is 0 Å². The van der Waals surface area contributed by atoms with Gasteiger partial charge in [0.1, 0.15) is 5.76 Å². The fourth-order valence-corrected chi connectivity index (χ4v) is 2.91. The summed E-state index contributed by atoms with van der Waals surface area (Å²) in [5, 5.41) is 2.90. The fraction of sp³-hybridized carbons (Fsp3) is 0.353. The SMILES string of the molecule is Cc1ccc(S(C)(=O)=O)cc1C(=O)NC(C)CCc1ccco1. The van der Waals surface area contributed by atoms with Crippen LogP contribution < -0.4 is 5.32 Å². The molecule has 1 unspecified atom stereocenters. The minimum Gasteiger partial charge on any atom is -0.469 e. The van der Waals surface area contributed by atoms with Crippen molar-refractivity contribution < 1.29 is 17.6 Å². The third-order valence-corrected chi connectivity index (χ3v) is 4.77. The van der Waals surface area contributed by atoms with Gasteiger partial charge in [-0.2, -0.15) is 0 Å². The topological polar surface area (TPSA) is 76.4 Å². The molecular weight excluding hydrogens is 314 g/mol. The highest BCUT2D eigenvalue weighted by molar-refractivity contribution is 7.90. The Morgan fingerprint density at radius 2 is 2.04 bits per heavy atom. The first-order valence-corrected chi connectivity index (χ1v) is 9.30. The van der Waals surface area contributed by atoms with E-state index in [-0.39, 0.29) is 16.8 Å². The molecule has 0 aliphatic carbocycles. The van der Waals surface area contributed by atoms with Crippen LogP contribution in [0.25, 0.3) is 0 Å². The van der Waals surface area contributed by atoms with Gasteiger partial charge in [0.15, 0.2) is 9.84 Å². The molecule has 0 spiro atoms. The Morgan fingerprint density at radius 3 is 2.65 bits per heavy atom. The number of amides is 1. The average molecular weight is 335 g/mol. The summed E-state index contributed by atoms with van der Waals surface area (Å²) in [4.78, 5) is 12.5. The van der Waals surface area contributed by atoms with Gasteiger partial charge >= 0.3 is 0 Å². The van der Waals surface area contributed by atoms with E-state index < -0.39 is 9.84 Å². The zero-order chi connectivity index (χ0) is 17.0. The summed E-state index contributed by atoms with van der Waals surface area (Å²) in [5.74, 6) is 0.612. The van der Waals surface area contributed by atoms with Crippen LogP contribution in [0.3, 0.4) is 0 Å². The Bertz CT molecular complexity index is 779. The Morgan fingerprint density at radius 1 is 1.30 bits per heavy atom. The van der Waals surface area contributed by atoms with Gasteiger partial charge in [-0.1, -0.05) is 6.07 Å². The molecule has 0 radical (unpaired) electrons. The standard InChI is InChI=1S/C17H21NO4S/c1-12-6-9-15(23(3,20)21)11-16(12)17(19)18-13(2)7-8-14-5-4-10-22-14/h4-6,9-11,13H,7-8H2,1-3H3,(H,18,19). The van der Waals surface area contributed by atoms with Crippen LogP contribution in [-0.2, 0) is 16.3 Å². The van der Waals surface area contributed by atoms with Crippen molar-refractivity contribution in [2.45, 2.75) is 37.6 Å². The monoisotopic (exact) mass is 335 g/mol.